The molecule has 1 aliphatic rings. The van der Waals surface area contributed by atoms with E-state index in [1.807, 2.05) is 50.4 Å². The van der Waals surface area contributed by atoms with Crippen LogP contribution >= 0.6 is 0 Å². The van der Waals surface area contributed by atoms with Gasteiger partial charge in [-0.15, -0.1) is 0 Å². The van der Waals surface area contributed by atoms with Crippen molar-refractivity contribution in [3.05, 3.63) is 53.9 Å². The number of likely N-dealkylation sites (tertiary alicyclic amines) is 1. The Hall–Kier alpha value is -2.63. The summed E-state index contributed by atoms with van der Waals surface area (Å²) in [6, 6.07) is 11.1. The maximum Gasteiger partial charge on any atom is 0.253 e. The summed E-state index contributed by atoms with van der Waals surface area (Å²) in [5, 5.41) is 7.10. The minimum atomic E-state index is -0.568. The standard InChI is InChI=1S/C19H24N4O2/c1-19(18(25)20-13-16-9-11-21-22(16)2)10-6-12-23(14-19)17(24)15-7-4-3-5-8-15/h3-5,7-9,11H,6,10,12-14H2,1-2H3,(H,20,25)/t19-/m1/s1. The Morgan fingerprint density at radius 2 is 2.00 bits per heavy atom. The van der Waals surface area contributed by atoms with Crippen molar-refractivity contribution in [1.82, 2.24) is 20.0 Å². The molecule has 0 unspecified atom stereocenters. The second-order valence-corrected chi connectivity index (χ2v) is 6.89. The highest BCUT2D eigenvalue weighted by molar-refractivity contribution is 5.95. The molecule has 0 spiro atoms. The van der Waals surface area contributed by atoms with Crippen molar-refractivity contribution in [2.24, 2.45) is 12.5 Å². The van der Waals surface area contributed by atoms with Gasteiger partial charge in [-0.2, -0.15) is 5.10 Å². The number of hydrogen-bond acceptors (Lipinski definition) is 3. The first kappa shape index (κ1) is 17.2. The lowest BCUT2D eigenvalue weighted by molar-refractivity contribution is -0.132. The summed E-state index contributed by atoms with van der Waals surface area (Å²) in [6.45, 7) is 3.52. The van der Waals surface area contributed by atoms with Crippen molar-refractivity contribution in [3.8, 4) is 0 Å². The van der Waals surface area contributed by atoms with Crippen molar-refractivity contribution in [2.75, 3.05) is 13.1 Å². The molecule has 1 aromatic heterocycles. The number of piperidine rings is 1. The second-order valence-electron chi connectivity index (χ2n) is 6.89. The first-order chi connectivity index (χ1) is 12.0. The Kier molecular flexibility index (Phi) is 4.88. The van der Waals surface area contributed by atoms with E-state index in [0.29, 0.717) is 25.2 Å². The third-order valence-electron chi connectivity index (χ3n) is 4.91. The van der Waals surface area contributed by atoms with Gasteiger partial charge in [0.2, 0.25) is 5.91 Å². The number of amides is 2. The quantitative estimate of drug-likeness (QED) is 0.925. The smallest absolute Gasteiger partial charge is 0.253 e. The molecule has 1 atom stereocenters. The van der Waals surface area contributed by atoms with Crippen LogP contribution in [0.15, 0.2) is 42.6 Å². The second kappa shape index (κ2) is 7.09. The summed E-state index contributed by atoms with van der Waals surface area (Å²) < 4.78 is 1.74. The lowest BCUT2D eigenvalue weighted by atomic mass is 9.80. The van der Waals surface area contributed by atoms with E-state index in [1.165, 1.54) is 0 Å². The van der Waals surface area contributed by atoms with Gasteiger partial charge in [-0.3, -0.25) is 14.3 Å². The van der Waals surface area contributed by atoms with E-state index in [9.17, 15) is 9.59 Å². The predicted molar refractivity (Wildman–Crippen MR) is 94.7 cm³/mol. The molecule has 3 rings (SSSR count). The maximum absolute atomic E-state index is 12.8. The number of carbonyl (C=O) groups excluding carboxylic acids is 2. The summed E-state index contributed by atoms with van der Waals surface area (Å²) in [5.41, 5.74) is 1.05. The number of rotatable bonds is 4. The third kappa shape index (κ3) is 3.73. The van der Waals surface area contributed by atoms with Gasteiger partial charge < -0.3 is 10.2 Å². The molecule has 0 aliphatic carbocycles. The zero-order valence-corrected chi connectivity index (χ0v) is 14.7. The zero-order chi connectivity index (χ0) is 17.9. The summed E-state index contributed by atoms with van der Waals surface area (Å²) in [5.74, 6) is -0.0229. The van der Waals surface area contributed by atoms with Crippen LogP contribution in [0.25, 0.3) is 0 Å². The molecule has 2 heterocycles. The van der Waals surface area contributed by atoms with E-state index in [-0.39, 0.29) is 11.8 Å². The molecule has 0 bridgehead atoms. The van der Waals surface area contributed by atoms with Crippen molar-refractivity contribution in [3.63, 3.8) is 0 Å². The van der Waals surface area contributed by atoms with Crippen LogP contribution in [0.2, 0.25) is 0 Å². The van der Waals surface area contributed by atoms with Crippen LogP contribution in [0.5, 0.6) is 0 Å². The molecular formula is C19H24N4O2. The third-order valence-corrected chi connectivity index (χ3v) is 4.91. The van der Waals surface area contributed by atoms with Crippen LogP contribution in [0.3, 0.4) is 0 Å². The SMILES string of the molecule is Cn1nccc1CNC(=O)[C@]1(C)CCCN(C(=O)c2ccccc2)C1. The molecule has 1 N–H and O–H groups in total. The summed E-state index contributed by atoms with van der Waals surface area (Å²) in [4.78, 5) is 27.2. The van der Waals surface area contributed by atoms with Gasteiger partial charge >= 0.3 is 0 Å². The van der Waals surface area contributed by atoms with Crippen LogP contribution in [0.1, 0.15) is 35.8 Å². The molecule has 25 heavy (non-hydrogen) atoms. The molecule has 2 aromatic rings. The van der Waals surface area contributed by atoms with Crippen molar-refractivity contribution in [1.29, 1.82) is 0 Å². The topological polar surface area (TPSA) is 67.2 Å². The maximum atomic E-state index is 12.8. The molecule has 1 aromatic carbocycles. The summed E-state index contributed by atoms with van der Waals surface area (Å²) >= 11 is 0. The molecular weight excluding hydrogens is 316 g/mol. The largest absolute Gasteiger partial charge is 0.350 e. The summed E-state index contributed by atoms with van der Waals surface area (Å²) in [6.07, 6.45) is 3.32. The van der Waals surface area contributed by atoms with Gasteiger partial charge in [-0.05, 0) is 38.0 Å². The van der Waals surface area contributed by atoms with Crippen LogP contribution in [-0.4, -0.2) is 39.6 Å². The van der Waals surface area contributed by atoms with Crippen LogP contribution in [0.4, 0.5) is 0 Å². The predicted octanol–water partition coefficient (Wildman–Crippen LogP) is 1.98. The van der Waals surface area contributed by atoms with Crippen LogP contribution < -0.4 is 5.32 Å². The Morgan fingerprint density at radius 3 is 2.68 bits per heavy atom. The first-order valence-corrected chi connectivity index (χ1v) is 8.59. The van der Waals surface area contributed by atoms with E-state index >= 15 is 0 Å². The van der Waals surface area contributed by atoms with Crippen molar-refractivity contribution < 1.29 is 9.59 Å². The van der Waals surface area contributed by atoms with Gasteiger partial charge in [0, 0.05) is 31.9 Å². The molecule has 0 radical (unpaired) electrons. The van der Waals surface area contributed by atoms with Crippen molar-refractivity contribution >= 4 is 11.8 Å². The molecule has 1 fully saturated rings. The van der Waals surface area contributed by atoms with E-state index < -0.39 is 5.41 Å². The number of carbonyl (C=O) groups is 2. The van der Waals surface area contributed by atoms with E-state index in [0.717, 1.165) is 18.5 Å². The van der Waals surface area contributed by atoms with Crippen LogP contribution in [0, 0.1) is 5.41 Å². The monoisotopic (exact) mass is 340 g/mol. The number of nitrogens with one attached hydrogen (secondary N) is 1. The van der Waals surface area contributed by atoms with E-state index in [4.69, 9.17) is 0 Å². The highest BCUT2D eigenvalue weighted by atomic mass is 16.2. The van der Waals surface area contributed by atoms with E-state index in [2.05, 4.69) is 10.4 Å². The number of benzene rings is 1. The minimum Gasteiger partial charge on any atom is -0.350 e. The molecule has 2 amide bonds. The fraction of sp³-hybridized carbons (Fsp3) is 0.421. The molecule has 0 saturated carbocycles. The average molecular weight is 340 g/mol. The van der Waals surface area contributed by atoms with Crippen molar-refractivity contribution in [2.45, 2.75) is 26.3 Å². The number of aromatic nitrogens is 2. The highest BCUT2D eigenvalue weighted by Gasteiger charge is 2.39. The Labute approximate surface area is 147 Å². The van der Waals surface area contributed by atoms with E-state index in [1.54, 1.807) is 15.8 Å². The first-order valence-electron chi connectivity index (χ1n) is 8.59. The molecule has 6 heteroatoms. The molecule has 6 nitrogen and oxygen atoms in total. The van der Waals surface area contributed by atoms with Gasteiger partial charge in [-0.25, -0.2) is 0 Å². The molecule has 132 valence electrons. The number of aryl methyl sites for hydroxylation is 1. The lowest BCUT2D eigenvalue weighted by Gasteiger charge is -2.39. The van der Waals surface area contributed by atoms with Crippen LogP contribution in [-0.2, 0) is 18.4 Å². The fourth-order valence-electron chi connectivity index (χ4n) is 3.32. The number of hydrogen-bond donors (Lipinski definition) is 1. The average Bonchev–Trinajstić information content (AvgIpc) is 3.04. The highest BCUT2D eigenvalue weighted by Crippen LogP contribution is 2.30. The van der Waals surface area contributed by atoms with Gasteiger partial charge in [0.15, 0.2) is 0 Å². The van der Waals surface area contributed by atoms with Gasteiger partial charge in [0.1, 0.15) is 0 Å². The Bertz CT molecular complexity index is 756. The number of nitrogens with zero attached hydrogens (tertiary/aromatic N) is 3. The fourth-order valence-corrected chi connectivity index (χ4v) is 3.32. The Morgan fingerprint density at radius 1 is 1.24 bits per heavy atom. The minimum absolute atomic E-state index is 0.00837. The normalized spacial score (nSPS) is 20.3. The summed E-state index contributed by atoms with van der Waals surface area (Å²) in [7, 11) is 1.85. The zero-order valence-electron chi connectivity index (χ0n) is 14.7. The van der Waals surface area contributed by atoms with Gasteiger partial charge in [0.25, 0.3) is 5.91 Å². The lowest BCUT2D eigenvalue weighted by Crippen LogP contribution is -2.51. The molecule has 1 aliphatic heterocycles. The Balaban J connectivity index is 1.65. The van der Waals surface area contributed by atoms with Gasteiger partial charge in [-0.1, -0.05) is 18.2 Å². The molecule has 1 saturated heterocycles. The van der Waals surface area contributed by atoms with Gasteiger partial charge in [0.05, 0.1) is 17.7 Å².